The van der Waals surface area contributed by atoms with Gasteiger partial charge in [0.2, 0.25) is 0 Å². The predicted molar refractivity (Wildman–Crippen MR) is 165 cm³/mol. The molecule has 9 rings (SSSR count). The molecule has 0 fully saturated rings. The van der Waals surface area contributed by atoms with Crippen LogP contribution in [-0.2, 0) is 0 Å². The number of fused-ring (bicyclic) bond motifs is 8. The lowest BCUT2D eigenvalue weighted by molar-refractivity contribution is 0.673. The smallest absolute Gasteiger partial charge is 0.182 e. The molecule has 0 aliphatic rings. The molecule has 0 spiro atoms. The van der Waals surface area contributed by atoms with E-state index in [1.54, 1.807) is 0 Å². The van der Waals surface area contributed by atoms with Gasteiger partial charge in [-0.05, 0) is 59.7 Å². The number of pyridine rings is 1. The molecule has 0 unspecified atom stereocenters. The average molecular weight is 527 g/mol. The molecule has 9 aromatic rings. The molecule has 0 radical (unpaired) electrons. The van der Waals surface area contributed by atoms with Crippen molar-refractivity contribution in [1.82, 2.24) is 19.2 Å². The lowest BCUT2D eigenvalue weighted by Crippen LogP contribution is -1.94. The molecule has 0 aliphatic carbocycles. The highest BCUT2D eigenvalue weighted by Crippen LogP contribution is 2.40. The molecule has 192 valence electrons. The van der Waals surface area contributed by atoms with Crippen molar-refractivity contribution in [2.75, 3.05) is 0 Å². The molecule has 0 saturated heterocycles. The fourth-order valence-electron chi connectivity index (χ4n) is 6.09. The molecule has 41 heavy (non-hydrogen) atoms. The minimum Gasteiger partial charge on any atom is -0.455 e. The molecule has 0 saturated carbocycles. The maximum Gasteiger partial charge on any atom is 0.182 e. The second-order valence-corrected chi connectivity index (χ2v) is 10.4. The van der Waals surface area contributed by atoms with Crippen molar-refractivity contribution in [3.05, 3.63) is 134 Å². The van der Waals surface area contributed by atoms with E-state index in [9.17, 15) is 0 Å². The average Bonchev–Trinajstić information content (AvgIpc) is 3.73. The van der Waals surface area contributed by atoms with E-state index in [4.69, 9.17) is 9.40 Å². The zero-order chi connectivity index (χ0) is 26.9. The van der Waals surface area contributed by atoms with Crippen LogP contribution in [-0.4, -0.2) is 19.2 Å². The lowest BCUT2D eigenvalue weighted by atomic mass is 10.1. The maximum atomic E-state index is 6.44. The Morgan fingerprint density at radius 3 is 2.22 bits per heavy atom. The molecule has 0 aliphatic heterocycles. The van der Waals surface area contributed by atoms with E-state index in [0.29, 0.717) is 0 Å². The molecule has 0 atom stereocenters. The van der Waals surface area contributed by atoms with Crippen LogP contribution in [0.3, 0.4) is 0 Å². The zero-order valence-corrected chi connectivity index (χ0v) is 21.9. The highest BCUT2D eigenvalue weighted by Gasteiger charge is 2.18. The van der Waals surface area contributed by atoms with Crippen molar-refractivity contribution >= 4 is 49.4 Å². The Kier molecular flexibility index (Phi) is 4.55. The Balaban J connectivity index is 1.17. The Morgan fingerprint density at radius 2 is 1.34 bits per heavy atom. The number of benzene rings is 5. The van der Waals surface area contributed by atoms with Crippen molar-refractivity contribution in [3.8, 4) is 28.2 Å². The first-order valence-electron chi connectivity index (χ1n) is 13.7. The molecule has 0 amide bonds. The van der Waals surface area contributed by atoms with Gasteiger partial charge in [-0.2, -0.15) is 0 Å². The second kappa shape index (κ2) is 8.41. The maximum absolute atomic E-state index is 6.44. The van der Waals surface area contributed by atoms with Crippen LogP contribution >= 0.6 is 0 Å². The van der Waals surface area contributed by atoms with E-state index >= 15 is 0 Å². The summed E-state index contributed by atoms with van der Waals surface area (Å²) in [6, 6.07) is 44.2. The number of hydrogen-bond acceptors (Lipinski definition) is 3. The van der Waals surface area contributed by atoms with E-state index in [2.05, 4.69) is 94.6 Å². The fraction of sp³-hybridized carbons (Fsp3) is 0. The molecule has 4 aromatic heterocycles. The van der Waals surface area contributed by atoms with E-state index in [1.807, 2.05) is 53.2 Å². The first-order chi connectivity index (χ1) is 20.3. The molecule has 4 heterocycles. The largest absolute Gasteiger partial charge is 0.455 e. The van der Waals surface area contributed by atoms with Crippen molar-refractivity contribution in [2.45, 2.75) is 0 Å². The van der Waals surface area contributed by atoms with E-state index in [1.165, 1.54) is 5.39 Å². The van der Waals surface area contributed by atoms with Gasteiger partial charge >= 0.3 is 0 Å². The highest BCUT2D eigenvalue weighted by molar-refractivity contribution is 6.23. The topological polar surface area (TPSA) is 48.3 Å². The summed E-state index contributed by atoms with van der Waals surface area (Å²) in [6.07, 6.45) is 1.98. The van der Waals surface area contributed by atoms with E-state index in [0.717, 1.165) is 72.2 Å². The Hall–Kier alpha value is -5.68. The van der Waals surface area contributed by atoms with Gasteiger partial charge in [-0.15, -0.1) is 5.10 Å². The van der Waals surface area contributed by atoms with Crippen molar-refractivity contribution < 1.29 is 4.42 Å². The van der Waals surface area contributed by atoms with Gasteiger partial charge in [0.05, 0.1) is 16.4 Å². The van der Waals surface area contributed by atoms with Crippen LogP contribution < -0.4 is 0 Å². The van der Waals surface area contributed by atoms with Crippen LogP contribution in [0, 0.1) is 0 Å². The number of furan rings is 1. The van der Waals surface area contributed by atoms with Crippen LogP contribution in [0.5, 0.6) is 0 Å². The third-order valence-electron chi connectivity index (χ3n) is 8.01. The fourth-order valence-corrected chi connectivity index (χ4v) is 6.09. The molecule has 5 aromatic carbocycles. The summed E-state index contributed by atoms with van der Waals surface area (Å²) in [6.45, 7) is 0. The van der Waals surface area contributed by atoms with Gasteiger partial charge in [-0.1, -0.05) is 78.9 Å². The number of rotatable bonds is 3. The third kappa shape index (κ3) is 3.29. The molecular formula is C36H22N4O. The van der Waals surface area contributed by atoms with Gasteiger partial charge in [0.15, 0.2) is 11.5 Å². The van der Waals surface area contributed by atoms with Crippen molar-refractivity contribution in [3.63, 3.8) is 0 Å². The summed E-state index contributed by atoms with van der Waals surface area (Å²) in [4.78, 5) is 4.78. The molecule has 0 N–H and O–H groups in total. The zero-order valence-electron chi connectivity index (χ0n) is 21.9. The monoisotopic (exact) mass is 526 g/mol. The summed E-state index contributed by atoms with van der Waals surface area (Å²) in [7, 11) is 0. The van der Waals surface area contributed by atoms with Gasteiger partial charge in [-0.3, -0.25) is 0 Å². The third-order valence-corrected chi connectivity index (χ3v) is 8.01. The van der Waals surface area contributed by atoms with Crippen LogP contribution in [0.15, 0.2) is 138 Å². The predicted octanol–water partition coefficient (Wildman–Crippen LogP) is 9.06. The summed E-state index contributed by atoms with van der Waals surface area (Å²) < 4.78 is 10.6. The van der Waals surface area contributed by atoms with Crippen LogP contribution in [0.25, 0.3) is 77.6 Å². The highest BCUT2D eigenvalue weighted by atomic mass is 16.3. The van der Waals surface area contributed by atoms with E-state index in [-0.39, 0.29) is 0 Å². The number of nitrogens with zero attached hydrogens (tertiary/aromatic N) is 4. The lowest BCUT2D eigenvalue weighted by Gasteiger charge is -2.09. The Labute approximate surface area is 234 Å². The van der Waals surface area contributed by atoms with Gasteiger partial charge in [0.1, 0.15) is 11.2 Å². The van der Waals surface area contributed by atoms with E-state index < -0.39 is 0 Å². The Bertz CT molecular complexity index is 2410. The van der Waals surface area contributed by atoms with Crippen LogP contribution in [0.2, 0.25) is 0 Å². The molecule has 5 heteroatoms. The first kappa shape index (κ1) is 22.2. The van der Waals surface area contributed by atoms with Crippen LogP contribution in [0.4, 0.5) is 0 Å². The SMILES string of the molecule is c1ccc(-c2nc3cc(-c4ccc(-n5c6ccccc6c6c7oc8ccccc8c7ccc65)cc4)ccn3n2)cc1. The molecular weight excluding hydrogens is 504 g/mol. The van der Waals surface area contributed by atoms with Gasteiger partial charge in [-0.25, -0.2) is 9.50 Å². The van der Waals surface area contributed by atoms with Crippen LogP contribution in [0.1, 0.15) is 0 Å². The number of para-hydroxylation sites is 2. The first-order valence-corrected chi connectivity index (χ1v) is 13.7. The molecule has 5 nitrogen and oxygen atoms in total. The molecule has 0 bridgehead atoms. The quantitative estimate of drug-likeness (QED) is 0.231. The van der Waals surface area contributed by atoms with Gasteiger partial charge < -0.3 is 8.98 Å². The minimum absolute atomic E-state index is 0.725. The summed E-state index contributed by atoms with van der Waals surface area (Å²) in [5, 5.41) is 9.27. The second-order valence-electron chi connectivity index (χ2n) is 10.4. The normalized spacial score (nSPS) is 11.9. The Morgan fingerprint density at radius 1 is 0.561 bits per heavy atom. The summed E-state index contributed by atoms with van der Waals surface area (Å²) in [5.74, 6) is 0.725. The van der Waals surface area contributed by atoms with Gasteiger partial charge in [0, 0.05) is 33.6 Å². The summed E-state index contributed by atoms with van der Waals surface area (Å²) >= 11 is 0. The van der Waals surface area contributed by atoms with Crippen molar-refractivity contribution in [1.29, 1.82) is 0 Å². The number of hydrogen-bond donors (Lipinski definition) is 0. The minimum atomic E-state index is 0.725. The standard InChI is InChI=1S/C36H22N4O/c1-2-8-24(9-3-1)36-37-33-22-25(20-21-39(33)38-36)23-14-16-26(17-15-23)40-30-12-6-4-11-29(30)34-31(40)19-18-28-27-10-5-7-13-32(27)41-35(28)34/h1-22H. The summed E-state index contributed by atoms with van der Waals surface area (Å²) in [5.41, 5.74) is 9.29. The van der Waals surface area contributed by atoms with Gasteiger partial charge in [0.25, 0.3) is 0 Å². The van der Waals surface area contributed by atoms with Crippen molar-refractivity contribution in [2.24, 2.45) is 0 Å². The number of aromatic nitrogens is 4.